The lowest BCUT2D eigenvalue weighted by atomic mass is 10.1. The van der Waals surface area contributed by atoms with Crippen molar-refractivity contribution in [2.75, 3.05) is 13.7 Å². The summed E-state index contributed by atoms with van der Waals surface area (Å²) in [6.45, 7) is 8.14. The van der Waals surface area contributed by atoms with Gasteiger partial charge in [0.25, 0.3) is 0 Å². The quantitative estimate of drug-likeness (QED) is 0.585. The molecule has 82 valence electrons. The summed E-state index contributed by atoms with van der Waals surface area (Å²) >= 11 is 1.35. The predicted octanol–water partition coefficient (Wildman–Crippen LogP) is 2.85. The Hall–Kier alpha value is -1.29. The number of carbonyl (C=O) groups is 1. The molecule has 0 aromatic carbocycles. The Morgan fingerprint density at radius 1 is 1.60 bits per heavy atom. The lowest BCUT2D eigenvalue weighted by molar-refractivity contribution is 0.0605. The number of rotatable bonds is 4. The fourth-order valence-corrected chi connectivity index (χ4v) is 2.26. The Kier molecular flexibility index (Phi) is 3.91. The maximum Gasteiger partial charge on any atom is 0.348 e. The first-order chi connectivity index (χ1) is 7.11. The van der Waals surface area contributed by atoms with Gasteiger partial charge in [-0.3, -0.25) is 0 Å². The van der Waals surface area contributed by atoms with Crippen molar-refractivity contribution in [3.8, 4) is 0 Å². The van der Waals surface area contributed by atoms with Crippen LogP contribution in [0.3, 0.4) is 0 Å². The van der Waals surface area contributed by atoms with Crippen LogP contribution in [0.1, 0.15) is 27.7 Å². The van der Waals surface area contributed by atoms with Crippen molar-refractivity contribution in [3.63, 3.8) is 0 Å². The average molecular weight is 226 g/mol. The van der Waals surface area contributed by atoms with Crippen LogP contribution < -0.4 is 0 Å². The Morgan fingerprint density at radius 2 is 2.27 bits per heavy atom. The van der Waals surface area contributed by atoms with Crippen LogP contribution in [0, 0.1) is 6.92 Å². The van der Waals surface area contributed by atoms with Gasteiger partial charge in [-0.15, -0.1) is 11.3 Å². The van der Waals surface area contributed by atoms with Crippen molar-refractivity contribution in [1.82, 2.24) is 0 Å². The molecule has 0 saturated heterocycles. The second-order valence-electron chi connectivity index (χ2n) is 2.97. The molecule has 3 nitrogen and oxygen atoms in total. The molecular formula is C11H14O3S. The van der Waals surface area contributed by atoms with E-state index in [1.165, 1.54) is 18.4 Å². The van der Waals surface area contributed by atoms with Gasteiger partial charge >= 0.3 is 5.97 Å². The molecular weight excluding hydrogens is 212 g/mol. The van der Waals surface area contributed by atoms with Gasteiger partial charge in [0.2, 0.25) is 0 Å². The molecule has 0 radical (unpaired) electrons. The summed E-state index contributed by atoms with van der Waals surface area (Å²) in [7, 11) is 1.37. The minimum Gasteiger partial charge on any atom is -0.494 e. The normalized spacial score (nSPS) is 9.80. The highest BCUT2D eigenvalue weighted by Gasteiger charge is 2.19. The summed E-state index contributed by atoms with van der Waals surface area (Å²) in [5.41, 5.74) is 1.74. The van der Waals surface area contributed by atoms with Gasteiger partial charge in [0.15, 0.2) is 0 Å². The Bertz CT molecular complexity index is 379. The molecule has 0 aliphatic carbocycles. The number of esters is 1. The maximum absolute atomic E-state index is 11.4. The second-order valence-corrected chi connectivity index (χ2v) is 3.85. The molecule has 0 bridgehead atoms. The molecule has 0 aliphatic rings. The third-order valence-corrected chi connectivity index (χ3v) is 3.02. The van der Waals surface area contributed by atoms with Gasteiger partial charge in [0.1, 0.15) is 10.6 Å². The summed E-state index contributed by atoms with van der Waals surface area (Å²) in [5, 5.41) is 1.89. The lowest BCUT2D eigenvalue weighted by Crippen LogP contribution is -2.03. The maximum atomic E-state index is 11.4. The van der Waals surface area contributed by atoms with Crippen molar-refractivity contribution in [2.24, 2.45) is 0 Å². The number of methoxy groups -OCH3 is 1. The Balaban J connectivity index is 3.09. The summed E-state index contributed by atoms with van der Waals surface area (Å²) in [6.07, 6.45) is 0. The first kappa shape index (κ1) is 11.8. The minimum atomic E-state index is -0.344. The Morgan fingerprint density at radius 3 is 2.80 bits per heavy atom. The molecule has 0 fully saturated rings. The fraction of sp³-hybridized carbons (Fsp3) is 0.364. The van der Waals surface area contributed by atoms with Crippen LogP contribution in [0.4, 0.5) is 0 Å². The van der Waals surface area contributed by atoms with Crippen LogP contribution >= 0.6 is 11.3 Å². The van der Waals surface area contributed by atoms with Crippen LogP contribution in [0.2, 0.25) is 0 Å². The van der Waals surface area contributed by atoms with E-state index >= 15 is 0 Å². The predicted molar refractivity (Wildman–Crippen MR) is 61.1 cm³/mol. The first-order valence-electron chi connectivity index (χ1n) is 4.60. The van der Waals surface area contributed by atoms with Crippen LogP contribution in [0.15, 0.2) is 12.0 Å². The van der Waals surface area contributed by atoms with Crippen LogP contribution in [-0.4, -0.2) is 19.7 Å². The van der Waals surface area contributed by atoms with Crippen LogP contribution in [-0.2, 0) is 9.47 Å². The van der Waals surface area contributed by atoms with Gasteiger partial charge in [-0.25, -0.2) is 4.79 Å². The second kappa shape index (κ2) is 4.98. The van der Waals surface area contributed by atoms with E-state index < -0.39 is 0 Å². The van der Waals surface area contributed by atoms with E-state index in [-0.39, 0.29) is 5.97 Å². The van der Waals surface area contributed by atoms with E-state index in [2.05, 4.69) is 6.58 Å². The van der Waals surface area contributed by atoms with Gasteiger partial charge < -0.3 is 9.47 Å². The molecule has 0 spiro atoms. The van der Waals surface area contributed by atoms with Crippen LogP contribution in [0.5, 0.6) is 0 Å². The number of hydrogen-bond acceptors (Lipinski definition) is 4. The molecule has 1 aromatic rings. The van der Waals surface area contributed by atoms with E-state index in [1.54, 1.807) is 0 Å². The van der Waals surface area contributed by atoms with Crippen molar-refractivity contribution < 1.29 is 14.3 Å². The van der Waals surface area contributed by atoms with E-state index in [9.17, 15) is 4.79 Å². The largest absolute Gasteiger partial charge is 0.494 e. The van der Waals surface area contributed by atoms with Gasteiger partial charge in [-0.2, -0.15) is 0 Å². The fourth-order valence-electron chi connectivity index (χ4n) is 1.28. The third kappa shape index (κ3) is 2.39. The summed E-state index contributed by atoms with van der Waals surface area (Å²) < 4.78 is 10.0. The van der Waals surface area contributed by atoms with Crippen molar-refractivity contribution >= 4 is 23.1 Å². The number of hydrogen-bond donors (Lipinski definition) is 0. The van der Waals surface area contributed by atoms with Gasteiger partial charge in [-0.05, 0) is 24.8 Å². The summed E-state index contributed by atoms with van der Waals surface area (Å²) in [5.74, 6) is 0.181. The number of thiophene rings is 1. The van der Waals surface area contributed by atoms with Crippen molar-refractivity contribution in [1.29, 1.82) is 0 Å². The van der Waals surface area contributed by atoms with E-state index in [0.717, 1.165) is 11.1 Å². The Labute approximate surface area is 93.3 Å². The minimum absolute atomic E-state index is 0.344. The summed E-state index contributed by atoms with van der Waals surface area (Å²) in [4.78, 5) is 12.0. The van der Waals surface area contributed by atoms with E-state index in [0.29, 0.717) is 17.2 Å². The zero-order chi connectivity index (χ0) is 11.4. The molecule has 4 heteroatoms. The highest BCUT2D eigenvalue weighted by Crippen LogP contribution is 2.29. The molecule has 0 atom stereocenters. The molecule has 1 rings (SSSR count). The molecule has 0 aliphatic heterocycles. The summed E-state index contributed by atoms with van der Waals surface area (Å²) in [6, 6.07) is 0. The molecule has 15 heavy (non-hydrogen) atoms. The van der Waals surface area contributed by atoms with Gasteiger partial charge in [0.05, 0.1) is 13.7 Å². The van der Waals surface area contributed by atoms with Crippen LogP contribution in [0.25, 0.3) is 5.76 Å². The molecule has 0 amide bonds. The highest BCUT2D eigenvalue weighted by molar-refractivity contribution is 7.12. The number of aryl methyl sites for hydroxylation is 1. The smallest absolute Gasteiger partial charge is 0.348 e. The third-order valence-electron chi connectivity index (χ3n) is 1.94. The standard InChI is InChI=1S/C11H14O3S/c1-5-14-8(3)9-7(2)6-15-10(9)11(12)13-4/h6H,3,5H2,1-2,4H3. The molecule has 1 heterocycles. The lowest BCUT2D eigenvalue weighted by Gasteiger charge is -2.08. The highest BCUT2D eigenvalue weighted by atomic mass is 32.1. The molecule has 0 N–H and O–H groups in total. The number of carbonyl (C=O) groups excluding carboxylic acids is 1. The number of ether oxygens (including phenoxy) is 2. The molecule has 0 saturated carbocycles. The first-order valence-corrected chi connectivity index (χ1v) is 5.48. The molecule has 0 unspecified atom stereocenters. The zero-order valence-corrected chi connectivity index (χ0v) is 9.94. The zero-order valence-electron chi connectivity index (χ0n) is 9.12. The molecule has 1 aromatic heterocycles. The van der Waals surface area contributed by atoms with Gasteiger partial charge in [-0.1, -0.05) is 6.58 Å². The SMILES string of the molecule is C=C(OCC)c1c(C)csc1C(=O)OC. The van der Waals surface area contributed by atoms with Gasteiger partial charge in [0, 0.05) is 5.56 Å². The topological polar surface area (TPSA) is 35.5 Å². The van der Waals surface area contributed by atoms with E-state index in [4.69, 9.17) is 9.47 Å². The monoisotopic (exact) mass is 226 g/mol. The average Bonchev–Trinajstić information content (AvgIpc) is 2.59. The van der Waals surface area contributed by atoms with E-state index in [1.807, 2.05) is 19.2 Å². The van der Waals surface area contributed by atoms with Crippen molar-refractivity contribution in [2.45, 2.75) is 13.8 Å². The van der Waals surface area contributed by atoms with Crippen molar-refractivity contribution in [3.05, 3.63) is 28.0 Å².